The van der Waals surface area contributed by atoms with Crippen LogP contribution in [0.1, 0.15) is 54.7 Å². The fourth-order valence-corrected chi connectivity index (χ4v) is 4.74. The van der Waals surface area contributed by atoms with Gasteiger partial charge in [0.2, 0.25) is 0 Å². The van der Waals surface area contributed by atoms with Crippen LogP contribution in [0.2, 0.25) is 0 Å². The second kappa shape index (κ2) is 8.31. The zero-order valence-corrected chi connectivity index (χ0v) is 17.5. The smallest absolute Gasteiger partial charge is 0.258 e. The number of rotatable bonds is 4. The summed E-state index contributed by atoms with van der Waals surface area (Å²) in [4.78, 5) is 13.0. The van der Waals surface area contributed by atoms with Gasteiger partial charge in [-0.05, 0) is 60.2 Å². The number of nitrogens with one attached hydrogen (secondary N) is 2. The summed E-state index contributed by atoms with van der Waals surface area (Å²) >= 11 is 0. The highest BCUT2D eigenvalue weighted by atomic mass is 16.2. The lowest BCUT2D eigenvalue weighted by atomic mass is 9.84. The number of hydrogen-bond donors (Lipinski definition) is 3. The molecule has 4 heteroatoms. The van der Waals surface area contributed by atoms with Gasteiger partial charge in [-0.1, -0.05) is 61.7 Å². The molecule has 0 unspecified atom stereocenters. The normalized spacial score (nSPS) is 17.7. The molecule has 156 valence electrons. The summed E-state index contributed by atoms with van der Waals surface area (Å²) in [5.41, 5.74) is 13.0. The minimum absolute atomic E-state index is 0.120. The number of carbonyl (C=O) groups is 1. The van der Waals surface area contributed by atoms with Gasteiger partial charge in [-0.25, -0.2) is 0 Å². The van der Waals surface area contributed by atoms with Gasteiger partial charge in [-0.2, -0.15) is 0 Å². The standard InChI is InChI=1S/C27H27N3O/c28-21-13-16-24-23(17-21)25(27(31)30-24)26(20-9-5-2-6-10-20)29-22-14-11-19(12-15-22)18-7-3-1-4-8-18/h2,5-6,9-18,29H,1,3-4,7-8,28H2,(H,30,31)/b26-25-. The van der Waals surface area contributed by atoms with Gasteiger partial charge in [0, 0.05) is 22.6 Å². The van der Waals surface area contributed by atoms with Crippen LogP contribution in [0.4, 0.5) is 17.1 Å². The third-order valence-corrected chi connectivity index (χ3v) is 6.36. The Balaban J connectivity index is 1.54. The second-order valence-electron chi connectivity index (χ2n) is 8.46. The van der Waals surface area contributed by atoms with Gasteiger partial charge in [0.25, 0.3) is 5.91 Å². The Bertz CT molecular complexity index is 1130. The van der Waals surface area contributed by atoms with Crippen molar-refractivity contribution in [2.24, 2.45) is 0 Å². The fourth-order valence-electron chi connectivity index (χ4n) is 4.74. The maximum Gasteiger partial charge on any atom is 0.258 e. The van der Waals surface area contributed by atoms with Crippen LogP contribution in [-0.2, 0) is 4.79 Å². The SMILES string of the molecule is Nc1ccc2c(c1)/C(=C(/Nc1ccc(C3CCCCC3)cc1)c1ccccc1)C(=O)N2. The minimum Gasteiger partial charge on any atom is -0.399 e. The summed E-state index contributed by atoms with van der Waals surface area (Å²) in [5, 5.41) is 6.51. The van der Waals surface area contributed by atoms with Crippen LogP contribution in [0.3, 0.4) is 0 Å². The molecule has 4 nitrogen and oxygen atoms in total. The molecule has 1 fully saturated rings. The molecule has 0 spiro atoms. The van der Waals surface area contributed by atoms with E-state index in [0.717, 1.165) is 28.2 Å². The number of benzene rings is 3. The Morgan fingerprint density at radius 1 is 0.903 bits per heavy atom. The lowest BCUT2D eigenvalue weighted by Crippen LogP contribution is -2.10. The molecule has 0 aromatic heterocycles. The van der Waals surface area contributed by atoms with Crippen LogP contribution >= 0.6 is 0 Å². The van der Waals surface area contributed by atoms with E-state index in [1.165, 1.54) is 37.7 Å². The molecular weight excluding hydrogens is 382 g/mol. The fraction of sp³-hybridized carbons (Fsp3) is 0.222. The highest BCUT2D eigenvalue weighted by molar-refractivity contribution is 6.37. The van der Waals surface area contributed by atoms with Crippen molar-refractivity contribution >= 4 is 34.2 Å². The van der Waals surface area contributed by atoms with Crippen LogP contribution in [0.15, 0.2) is 72.8 Å². The van der Waals surface area contributed by atoms with Gasteiger partial charge in [-0.3, -0.25) is 4.79 Å². The largest absolute Gasteiger partial charge is 0.399 e. The number of nitrogens with two attached hydrogens (primary N) is 1. The van der Waals surface area contributed by atoms with Crippen molar-refractivity contribution < 1.29 is 4.79 Å². The zero-order chi connectivity index (χ0) is 21.2. The maximum atomic E-state index is 13.0. The van der Waals surface area contributed by atoms with E-state index in [-0.39, 0.29) is 5.91 Å². The van der Waals surface area contributed by atoms with Crippen LogP contribution in [0.25, 0.3) is 11.3 Å². The molecule has 0 atom stereocenters. The average molecular weight is 410 g/mol. The van der Waals surface area contributed by atoms with E-state index in [4.69, 9.17) is 5.73 Å². The molecule has 2 aliphatic rings. The summed E-state index contributed by atoms with van der Waals surface area (Å²) in [5.74, 6) is 0.552. The van der Waals surface area contributed by atoms with E-state index < -0.39 is 0 Å². The molecule has 0 radical (unpaired) electrons. The van der Waals surface area contributed by atoms with Crippen LogP contribution in [0, 0.1) is 0 Å². The summed E-state index contributed by atoms with van der Waals surface area (Å²) < 4.78 is 0. The average Bonchev–Trinajstić information content (AvgIpc) is 3.14. The molecule has 1 aliphatic heterocycles. The van der Waals surface area contributed by atoms with E-state index in [1.54, 1.807) is 0 Å². The van der Waals surface area contributed by atoms with Crippen molar-refractivity contribution in [1.82, 2.24) is 0 Å². The van der Waals surface area contributed by atoms with E-state index in [1.807, 2.05) is 48.5 Å². The molecule has 31 heavy (non-hydrogen) atoms. The predicted octanol–water partition coefficient (Wildman–Crippen LogP) is 6.25. The van der Waals surface area contributed by atoms with Gasteiger partial charge < -0.3 is 16.4 Å². The van der Waals surface area contributed by atoms with Gasteiger partial charge >= 0.3 is 0 Å². The summed E-state index contributed by atoms with van der Waals surface area (Å²) in [6.07, 6.45) is 6.58. The first-order valence-corrected chi connectivity index (χ1v) is 11.1. The first-order chi connectivity index (χ1) is 15.2. The van der Waals surface area contributed by atoms with Gasteiger partial charge in [-0.15, -0.1) is 0 Å². The topological polar surface area (TPSA) is 67.1 Å². The number of anilines is 3. The van der Waals surface area contributed by atoms with Crippen molar-refractivity contribution in [3.8, 4) is 0 Å². The quantitative estimate of drug-likeness (QED) is 0.352. The molecule has 1 heterocycles. The lowest BCUT2D eigenvalue weighted by molar-refractivity contribution is -0.110. The molecule has 4 N–H and O–H groups in total. The Hall–Kier alpha value is -3.53. The summed E-state index contributed by atoms with van der Waals surface area (Å²) in [6.45, 7) is 0. The summed E-state index contributed by atoms with van der Waals surface area (Å²) in [6, 6.07) is 24.2. The maximum absolute atomic E-state index is 13.0. The predicted molar refractivity (Wildman–Crippen MR) is 129 cm³/mol. The van der Waals surface area contributed by atoms with Crippen molar-refractivity contribution in [1.29, 1.82) is 0 Å². The molecule has 1 aliphatic carbocycles. The first kappa shape index (κ1) is 19.4. The molecule has 1 saturated carbocycles. The number of carbonyl (C=O) groups excluding carboxylic acids is 1. The Labute approximate surface area is 183 Å². The Kier molecular flexibility index (Phi) is 5.21. The number of hydrogen-bond acceptors (Lipinski definition) is 3. The second-order valence-corrected chi connectivity index (χ2v) is 8.46. The Morgan fingerprint density at radius 2 is 1.65 bits per heavy atom. The molecule has 3 aromatic rings. The van der Waals surface area contributed by atoms with E-state index in [9.17, 15) is 4.79 Å². The van der Waals surface area contributed by atoms with Crippen LogP contribution < -0.4 is 16.4 Å². The third-order valence-electron chi connectivity index (χ3n) is 6.36. The van der Waals surface area contributed by atoms with E-state index >= 15 is 0 Å². The first-order valence-electron chi connectivity index (χ1n) is 11.1. The van der Waals surface area contributed by atoms with Gasteiger partial charge in [0.1, 0.15) is 0 Å². The van der Waals surface area contributed by atoms with E-state index in [2.05, 4.69) is 34.9 Å². The van der Waals surface area contributed by atoms with Crippen LogP contribution in [0.5, 0.6) is 0 Å². The van der Waals surface area contributed by atoms with Crippen molar-refractivity contribution in [2.75, 3.05) is 16.4 Å². The van der Waals surface area contributed by atoms with Gasteiger partial charge in [0.15, 0.2) is 0 Å². The van der Waals surface area contributed by atoms with Crippen molar-refractivity contribution in [2.45, 2.75) is 38.0 Å². The molecule has 1 amide bonds. The molecule has 5 rings (SSSR count). The third kappa shape index (κ3) is 3.93. The number of amides is 1. The molecule has 0 bridgehead atoms. The van der Waals surface area contributed by atoms with E-state index in [0.29, 0.717) is 17.2 Å². The zero-order valence-electron chi connectivity index (χ0n) is 17.5. The number of fused-ring (bicyclic) bond motifs is 1. The Morgan fingerprint density at radius 3 is 2.39 bits per heavy atom. The highest BCUT2D eigenvalue weighted by Gasteiger charge is 2.28. The minimum atomic E-state index is -0.120. The molecule has 3 aromatic carbocycles. The number of nitrogen functional groups attached to an aromatic ring is 1. The van der Waals surface area contributed by atoms with Crippen molar-refractivity contribution in [3.63, 3.8) is 0 Å². The molecule has 0 saturated heterocycles. The van der Waals surface area contributed by atoms with Crippen LogP contribution in [-0.4, -0.2) is 5.91 Å². The lowest BCUT2D eigenvalue weighted by Gasteiger charge is -2.22. The summed E-state index contributed by atoms with van der Waals surface area (Å²) in [7, 11) is 0. The monoisotopic (exact) mass is 409 g/mol. The highest BCUT2D eigenvalue weighted by Crippen LogP contribution is 2.39. The molecular formula is C27H27N3O. The van der Waals surface area contributed by atoms with Crippen molar-refractivity contribution in [3.05, 3.63) is 89.5 Å². The van der Waals surface area contributed by atoms with Gasteiger partial charge in [0.05, 0.1) is 11.3 Å².